The highest BCUT2D eigenvalue weighted by Crippen LogP contribution is 2.36. The largest absolute Gasteiger partial charge is 0.449 e. The van der Waals surface area contributed by atoms with Crippen LogP contribution in [0.4, 0.5) is 14.5 Å². The molecule has 0 N–H and O–H groups in total. The molecule has 0 fully saturated rings. The summed E-state index contributed by atoms with van der Waals surface area (Å²) in [6.45, 7) is 0. The molecule has 0 aliphatic heterocycles. The van der Waals surface area contributed by atoms with E-state index in [-0.39, 0.29) is 11.5 Å². The second-order valence-electron chi connectivity index (χ2n) is 3.52. The molecule has 19 heavy (non-hydrogen) atoms. The number of halogens is 3. The summed E-state index contributed by atoms with van der Waals surface area (Å²) in [6, 6.07) is 7.07. The molecule has 0 amide bonds. The fraction of sp³-hybridized carbons (Fsp3) is 0. The molecule has 0 saturated carbocycles. The van der Waals surface area contributed by atoms with E-state index >= 15 is 0 Å². The van der Waals surface area contributed by atoms with E-state index < -0.39 is 22.2 Å². The summed E-state index contributed by atoms with van der Waals surface area (Å²) in [4.78, 5) is 9.89. The van der Waals surface area contributed by atoms with Crippen LogP contribution in [0.15, 0.2) is 40.9 Å². The van der Waals surface area contributed by atoms with Gasteiger partial charge in [-0.25, -0.2) is 4.39 Å². The Hall–Kier alpha value is -2.02. The minimum absolute atomic E-state index is 0.0219. The highest BCUT2D eigenvalue weighted by molar-refractivity contribution is 9.10. The maximum atomic E-state index is 13.4. The average Bonchev–Trinajstić information content (AvgIpc) is 2.33. The van der Waals surface area contributed by atoms with Crippen LogP contribution in [0.2, 0.25) is 0 Å². The van der Waals surface area contributed by atoms with Gasteiger partial charge in [0.05, 0.1) is 9.40 Å². The second kappa shape index (κ2) is 5.31. The summed E-state index contributed by atoms with van der Waals surface area (Å²) in [5.74, 6) is -1.86. The van der Waals surface area contributed by atoms with Crippen LogP contribution in [-0.4, -0.2) is 4.92 Å². The first kappa shape index (κ1) is 13.4. The van der Waals surface area contributed by atoms with Crippen molar-refractivity contribution >= 4 is 21.6 Å². The Kier molecular flexibility index (Phi) is 3.75. The number of hydrogen-bond acceptors (Lipinski definition) is 3. The lowest BCUT2D eigenvalue weighted by Crippen LogP contribution is -1.97. The van der Waals surface area contributed by atoms with Gasteiger partial charge in [-0.3, -0.25) is 10.1 Å². The Morgan fingerprint density at radius 1 is 1.16 bits per heavy atom. The van der Waals surface area contributed by atoms with Crippen molar-refractivity contribution in [3.63, 3.8) is 0 Å². The number of rotatable bonds is 3. The van der Waals surface area contributed by atoms with E-state index in [1.807, 2.05) is 0 Å². The zero-order chi connectivity index (χ0) is 14.0. The fourth-order valence-electron chi connectivity index (χ4n) is 1.43. The summed E-state index contributed by atoms with van der Waals surface area (Å²) < 4.78 is 32.0. The lowest BCUT2D eigenvalue weighted by Gasteiger charge is -2.08. The molecule has 0 bridgehead atoms. The zero-order valence-electron chi connectivity index (χ0n) is 9.27. The Balaban J connectivity index is 2.46. The second-order valence-corrected chi connectivity index (χ2v) is 4.37. The third kappa shape index (κ3) is 2.87. The van der Waals surface area contributed by atoms with Gasteiger partial charge < -0.3 is 4.74 Å². The van der Waals surface area contributed by atoms with Crippen molar-refractivity contribution < 1.29 is 18.4 Å². The molecule has 0 spiro atoms. The van der Waals surface area contributed by atoms with Gasteiger partial charge in [-0.2, -0.15) is 4.39 Å². The third-order valence-electron chi connectivity index (χ3n) is 2.25. The van der Waals surface area contributed by atoms with Crippen molar-refractivity contribution in [2.75, 3.05) is 0 Å². The van der Waals surface area contributed by atoms with Gasteiger partial charge in [0.15, 0.2) is 0 Å². The lowest BCUT2D eigenvalue weighted by molar-refractivity contribution is -0.388. The molecular weight excluding hydrogens is 324 g/mol. The normalized spacial score (nSPS) is 10.3. The highest BCUT2D eigenvalue weighted by atomic mass is 79.9. The van der Waals surface area contributed by atoms with Crippen molar-refractivity contribution in [2.45, 2.75) is 0 Å². The zero-order valence-corrected chi connectivity index (χ0v) is 10.9. The molecule has 0 aliphatic carbocycles. The van der Waals surface area contributed by atoms with Gasteiger partial charge in [0, 0.05) is 6.07 Å². The van der Waals surface area contributed by atoms with Crippen LogP contribution >= 0.6 is 15.9 Å². The van der Waals surface area contributed by atoms with E-state index in [4.69, 9.17) is 4.74 Å². The monoisotopic (exact) mass is 329 g/mol. The van der Waals surface area contributed by atoms with Crippen molar-refractivity contribution in [1.82, 2.24) is 0 Å². The molecule has 98 valence electrons. The van der Waals surface area contributed by atoms with Crippen molar-refractivity contribution in [2.24, 2.45) is 0 Å². The molecule has 0 aromatic heterocycles. The highest BCUT2D eigenvalue weighted by Gasteiger charge is 2.22. The van der Waals surface area contributed by atoms with E-state index in [1.54, 1.807) is 0 Å². The summed E-state index contributed by atoms with van der Waals surface area (Å²) >= 11 is 3.11. The van der Waals surface area contributed by atoms with Crippen LogP contribution in [0.1, 0.15) is 0 Å². The van der Waals surface area contributed by atoms with Gasteiger partial charge in [0.25, 0.3) is 0 Å². The smallest absolute Gasteiger partial charge is 0.346 e. The first-order valence-corrected chi connectivity index (χ1v) is 5.84. The van der Waals surface area contributed by atoms with E-state index in [9.17, 15) is 18.9 Å². The van der Waals surface area contributed by atoms with Crippen LogP contribution in [0.5, 0.6) is 11.5 Å². The summed E-state index contributed by atoms with van der Waals surface area (Å²) in [5, 5.41) is 10.8. The average molecular weight is 330 g/mol. The summed E-state index contributed by atoms with van der Waals surface area (Å²) in [7, 11) is 0. The first-order chi connectivity index (χ1) is 8.99. The molecule has 2 aromatic rings. The Labute approximate surface area is 114 Å². The quantitative estimate of drug-likeness (QED) is 0.618. The lowest BCUT2D eigenvalue weighted by atomic mass is 10.2. The summed E-state index contributed by atoms with van der Waals surface area (Å²) in [5.41, 5.74) is -0.793. The number of benzene rings is 2. The van der Waals surface area contributed by atoms with E-state index in [0.29, 0.717) is 4.47 Å². The number of nitro benzene ring substituents is 1. The molecule has 0 heterocycles. The molecule has 2 rings (SSSR count). The molecule has 7 heteroatoms. The molecule has 4 nitrogen and oxygen atoms in total. The first-order valence-electron chi connectivity index (χ1n) is 5.05. The van der Waals surface area contributed by atoms with Crippen LogP contribution in [-0.2, 0) is 0 Å². The fourth-order valence-corrected chi connectivity index (χ4v) is 1.76. The molecule has 0 atom stereocenters. The predicted molar refractivity (Wildman–Crippen MR) is 67.2 cm³/mol. The van der Waals surface area contributed by atoms with E-state index in [2.05, 4.69) is 15.9 Å². The Morgan fingerprint density at radius 3 is 2.58 bits per heavy atom. The van der Waals surface area contributed by atoms with Gasteiger partial charge in [-0.1, -0.05) is 6.07 Å². The summed E-state index contributed by atoms with van der Waals surface area (Å²) in [6.07, 6.45) is 0. The predicted octanol–water partition coefficient (Wildman–Crippen LogP) is 4.43. The van der Waals surface area contributed by atoms with Crippen LogP contribution in [0.3, 0.4) is 0 Å². The molecule has 0 radical (unpaired) electrons. The van der Waals surface area contributed by atoms with Crippen molar-refractivity contribution in [3.05, 3.63) is 62.6 Å². The van der Waals surface area contributed by atoms with Gasteiger partial charge in [0.1, 0.15) is 11.6 Å². The molecular formula is C12H6BrF2NO3. The molecule has 0 aliphatic rings. The van der Waals surface area contributed by atoms with Crippen molar-refractivity contribution in [3.8, 4) is 11.5 Å². The Bertz CT molecular complexity index is 649. The maximum absolute atomic E-state index is 13.4. The SMILES string of the molecule is O=[N+]([O-])c1c(F)cccc1Oc1cc(F)ccc1Br. The van der Waals surface area contributed by atoms with Gasteiger partial charge >= 0.3 is 5.69 Å². The van der Waals surface area contributed by atoms with Gasteiger partial charge in [-0.05, 0) is 40.2 Å². The maximum Gasteiger partial charge on any atom is 0.346 e. The van der Waals surface area contributed by atoms with E-state index in [1.165, 1.54) is 24.3 Å². The molecule has 0 saturated heterocycles. The number of para-hydroxylation sites is 1. The molecule has 0 unspecified atom stereocenters. The number of hydrogen-bond donors (Lipinski definition) is 0. The molecule has 2 aromatic carbocycles. The standard InChI is InChI=1S/C12H6BrF2NO3/c13-8-5-4-7(14)6-11(8)19-10-3-1-2-9(15)12(10)16(17)18/h1-6H. The minimum Gasteiger partial charge on any atom is -0.449 e. The van der Waals surface area contributed by atoms with Gasteiger partial charge in [-0.15, -0.1) is 0 Å². The number of nitrogens with zero attached hydrogens (tertiary/aromatic N) is 1. The third-order valence-corrected chi connectivity index (χ3v) is 2.90. The van der Waals surface area contributed by atoms with Gasteiger partial charge in [0.2, 0.25) is 11.6 Å². The number of nitro groups is 1. The Morgan fingerprint density at radius 2 is 1.89 bits per heavy atom. The van der Waals surface area contributed by atoms with E-state index in [0.717, 1.165) is 12.1 Å². The van der Waals surface area contributed by atoms with Crippen LogP contribution in [0.25, 0.3) is 0 Å². The minimum atomic E-state index is -1.02. The number of ether oxygens (including phenoxy) is 1. The van der Waals surface area contributed by atoms with Crippen LogP contribution in [0, 0.1) is 21.7 Å². The topological polar surface area (TPSA) is 52.4 Å². The van der Waals surface area contributed by atoms with Crippen LogP contribution < -0.4 is 4.74 Å². The van der Waals surface area contributed by atoms with Crippen molar-refractivity contribution in [1.29, 1.82) is 0 Å².